The van der Waals surface area contributed by atoms with Gasteiger partial charge in [0.25, 0.3) is 0 Å². The summed E-state index contributed by atoms with van der Waals surface area (Å²) in [7, 11) is 0. The summed E-state index contributed by atoms with van der Waals surface area (Å²) < 4.78 is 6.27. The molecule has 10 aromatic carbocycles. The van der Waals surface area contributed by atoms with E-state index in [-0.39, 0.29) is 0 Å². The van der Waals surface area contributed by atoms with Gasteiger partial charge in [-0.25, -0.2) is 0 Å². The Kier molecular flexibility index (Phi) is 8.87. The molecule has 0 amide bonds. The Hall–Kier alpha value is -7.94. The van der Waals surface area contributed by atoms with E-state index >= 15 is 0 Å². The summed E-state index contributed by atoms with van der Waals surface area (Å²) in [5.41, 5.74) is 16.8. The second-order valence-corrected chi connectivity index (χ2v) is 15.3. The molecule has 2 heteroatoms. The summed E-state index contributed by atoms with van der Waals surface area (Å²) in [5, 5.41) is 4.77. The van der Waals surface area contributed by atoms with Crippen LogP contribution in [0.5, 0.6) is 0 Å². The van der Waals surface area contributed by atoms with Gasteiger partial charge in [-0.2, -0.15) is 0 Å². The molecule has 2 nitrogen and oxygen atoms in total. The van der Waals surface area contributed by atoms with Crippen LogP contribution >= 0.6 is 0 Å². The summed E-state index contributed by atoms with van der Waals surface area (Å²) in [5.74, 6) is 0. The normalized spacial score (nSPS) is 11.3. The third-order valence-corrected chi connectivity index (χ3v) is 11.7. The van der Waals surface area contributed by atoms with Gasteiger partial charge in [0.1, 0.15) is 11.2 Å². The fourth-order valence-electron chi connectivity index (χ4n) is 8.73. The predicted molar refractivity (Wildman–Crippen MR) is 253 cm³/mol. The van der Waals surface area contributed by atoms with E-state index in [0.29, 0.717) is 0 Å². The molecule has 0 aliphatic heterocycles. The van der Waals surface area contributed by atoms with Gasteiger partial charge in [-0.05, 0) is 127 Å². The van der Waals surface area contributed by atoms with Crippen molar-refractivity contribution < 1.29 is 4.42 Å². The predicted octanol–water partition coefficient (Wildman–Crippen LogP) is 16.5. The molecule has 0 bridgehead atoms. The van der Waals surface area contributed by atoms with Crippen LogP contribution in [-0.2, 0) is 0 Å². The van der Waals surface area contributed by atoms with Gasteiger partial charge in [-0.15, -0.1) is 0 Å². The number of para-hydroxylation sites is 1. The van der Waals surface area contributed by atoms with Crippen molar-refractivity contribution in [2.24, 2.45) is 0 Å². The second kappa shape index (κ2) is 15.1. The lowest BCUT2D eigenvalue weighted by molar-refractivity contribution is 0.669. The molecule has 0 unspecified atom stereocenters. The first kappa shape index (κ1) is 35.2. The van der Waals surface area contributed by atoms with E-state index in [1.54, 1.807) is 0 Å². The first-order valence-electron chi connectivity index (χ1n) is 20.5. The number of rotatable bonds is 8. The fraction of sp³-hybridized carbons (Fsp3) is 0. The average Bonchev–Trinajstić information content (AvgIpc) is 3.72. The first-order valence-corrected chi connectivity index (χ1v) is 20.5. The molecular weight excluding hydrogens is 727 g/mol. The highest BCUT2D eigenvalue weighted by Gasteiger charge is 2.18. The lowest BCUT2D eigenvalue weighted by Gasteiger charge is -2.27. The third kappa shape index (κ3) is 6.51. The molecule has 11 aromatic rings. The Bertz CT molecular complexity index is 3230. The lowest BCUT2D eigenvalue weighted by atomic mass is 9.95. The van der Waals surface area contributed by atoms with Crippen molar-refractivity contribution in [3.05, 3.63) is 237 Å². The maximum absolute atomic E-state index is 6.27. The maximum Gasteiger partial charge on any atom is 0.136 e. The van der Waals surface area contributed by atoms with Crippen molar-refractivity contribution in [3.63, 3.8) is 0 Å². The number of hydrogen-bond donors (Lipinski definition) is 0. The van der Waals surface area contributed by atoms with Gasteiger partial charge in [0.05, 0.1) is 0 Å². The number of anilines is 3. The van der Waals surface area contributed by atoms with Crippen LogP contribution in [0.1, 0.15) is 0 Å². The minimum Gasteiger partial charge on any atom is -0.456 e. The fourth-order valence-corrected chi connectivity index (χ4v) is 8.73. The van der Waals surface area contributed by atoms with Crippen LogP contribution in [0, 0.1) is 0 Å². The van der Waals surface area contributed by atoms with Crippen molar-refractivity contribution in [3.8, 4) is 55.6 Å². The van der Waals surface area contributed by atoms with Crippen molar-refractivity contribution in [2.75, 3.05) is 4.90 Å². The van der Waals surface area contributed by atoms with Gasteiger partial charge in [-0.1, -0.05) is 176 Å². The van der Waals surface area contributed by atoms with Crippen LogP contribution < -0.4 is 4.90 Å². The SMILES string of the molecule is c1ccc(-c2cc(-c3ccccc3)cc(N(c3ccc(-c4cccc(-c5cccc6ccccc56)c4)cc3)c3ccc(-c4cccc5oc6ccccc6c45)cc3)c2)cc1. The van der Waals surface area contributed by atoms with E-state index in [1.165, 1.54) is 44.2 Å². The molecule has 0 saturated heterocycles. The lowest BCUT2D eigenvalue weighted by Crippen LogP contribution is -2.10. The number of fused-ring (bicyclic) bond motifs is 4. The molecule has 0 spiro atoms. The number of benzene rings is 10. The monoisotopic (exact) mass is 765 g/mol. The molecule has 60 heavy (non-hydrogen) atoms. The zero-order valence-electron chi connectivity index (χ0n) is 32.9. The van der Waals surface area contributed by atoms with Crippen molar-refractivity contribution in [1.82, 2.24) is 0 Å². The van der Waals surface area contributed by atoms with E-state index in [9.17, 15) is 0 Å². The van der Waals surface area contributed by atoms with Crippen LogP contribution in [0.15, 0.2) is 241 Å². The molecule has 1 aromatic heterocycles. The Morgan fingerprint density at radius 1 is 0.267 bits per heavy atom. The summed E-state index contributed by atoms with van der Waals surface area (Å²) in [6, 6.07) is 85.0. The summed E-state index contributed by atoms with van der Waals surface area (Å²) in [6.45, 7) is 0. The van der Waals surface area contributed by atoms with Crippen molar-refractivity contribution in [1.29, 1.82) is 0 Å². The molecule has 11 rings (SSSR count). The molecule has 0 radical (unpaired) electrons. The molecule has 0 aliphatic carbocycles. The zero-order valence-corrected chi connectivity index (χ0v) is 32.9. The second-order valence-electron chi connectivity index (χ2n) is 15.3. The van der Waals surface area contributed by atoms with Gasteiger partial charge in [-0.3, -0.25) is 0 Å². The van der Waals surface area contributed by atoms with Crippen molar-refractivity contribution >= 4 is 49.8 Å². The molecule has 0 aliphatic rings. The van der Waals surface area contributed by atoms with E-state index < -0.39 is 0 Å². The van der Waals surface area contributed by atoms with E-state index in [1.807, 2.05) is 12.1 Å². The molecular formula is C58H39NO. The Morgan fingerprint density at radius 2 is 0.750 bits per heavy atom. The van der Waals surface area contributed by atoms with Crippen LogP contribution in [0.25, 0.3) is 88.3 Å². The van der Waals surface area contributed by atoms with E-state index in [2.05, 4.69) is 229 Å². The average molecular weight is 766 g/mol. The van der Waals surface area contributed by atoms with E-state index in [4.69, 9.17) is 4.42 Å². The number of nitrogens with zero attached hydrogens (tertiary/aromatic N) is 1. The number of furan rings is 1. The molecule has 0 atom stereocenters. The largest absolute Gasteiger partial charge is 0.456 e. The van der Waals surface area contributed by atoms with E-state index in [0.717, 1.165) is 61.3 Å². The number of hydrogen-bond acceptors (Lipinski definition) is 2. The topological polar surface area (TPSA) is 16.4 Å². The van der Waals surface area contributed by atoms with Crippen molar-refractivity contribution in [2.45, 2.75) is 0 Å². The molecule has 0 fully saturated rings. The molecule has 282 valence electrons. The summed E-state index contributed by atoms with van der Waals surface area (Å²) in [6.07, 6.45) is 0. The summed E-state index contributed by atoms with van der Waals surface area (Å²) in [4.78, 5) is 2.38. The van der Waals surface area contributed by atoms with Crippen LogP contribution in [0.3, 0.4) is 0 Å². The van der Waals surface area contributed by atoms with Gasteiger partial charge in [0.2, 0.25) is 0 Å². The van der Waals surface area contributed by atoms with Gasteiger partial charge in [0, 0.05) is 27.8 Å². The van der Waals surface area contributed by atoms with Crippen LogP contribution in [0.2, 0.25) is 0 Å². The Labute approximate surface area is 349 Å². The first-order chi connectivity index (χ1) is 29.7. The molecule has 1 heterocycles. The minimum absolute atomic E-state index is 0.897. The maximum atomic E-state index is 6.27. The van der Waals surface area contributed by atoms with Gasteiger partial charge >= 0.3 is 0 Å². The zero-order chi connectivity index (χ0) is 39.8. The van der Waals surface area contributed by atoms with Gasteiger partial charge in [0.15, 0.2) is 0 Å². The van der Waals surface area contributed by atoms with Crippen LogP contribution in [-0.4, -0.2) is 0 Å². The quantitative estimate of drug-likeness (QED) is 0.153. The highest BCUT2D eigenvalue weighted by atomic mass is 16.3. The summed E-state index contributed by atoms with van der Waals surface area (Å²) >= 11 is 0. The van der Waals surface area contributed by atoms with Crippen LogP contribution in [0.4, 0.5) is 17.1 Å². The molecule has 0 N–H and O–H groups in total. The third-order valence-electron chi connectivity index (χ3n) is 11.7. The Balaban J connectivity index is 1.04. The van der Waals surface area contributed by atoms with Gasteiger partial charge < -0.3 is 9.32 Å². The molecule has 0 saturated carbocycles. The highest BCUT2D eigenvalue weighted by Crippen LogP contribution is 2.43. The minimum atomic E-state index is 0.897. The Morgan fingerprint density at radius 3 is 1.47 bits per heavy atom. The standard InChI is InChI=1S/C58H39NO/c1-3-14-40(15-4-1)47-37-48(41-16-5-2-6-17-41)39-51(38-47)59(50-34-30-44(31-35-50)54-25-13-27-57-58(54)55-23-9-10-26-56(55)60-57)49-32-28-42(29-33-49)45-20-11-21-46(36-45)53-24-12-19-43-18-7-8-22-52(43)53/h1-39H. The highest BCUT2D eigenvalue weighted by molar-refractivity contribution is 6.12. The smallest absolute Gasteiger partial charge is 0.136 e.